The topological polar surface area (TPSA) is 24.5 Å². The van der Waals surface area contributed by atoms with Crippen molar-refractivity contribution in [1.82, 2.24) is 10.2 Å². The lowest BCUT2D eigenvalue weighted by Gasteiger charge is -2.48. The molecule has 0 aromatic rings. The highest BCUT2D eigenvalue weighted by molar-refractivity contribution is 4.93. The Hall–Kier alpha value is -0.120. The summed E-state index contributed by atoms with van der Waals surface area (Å²) in [6, 6.07) is 2.01. The largest absolute Gasteiger partial charge is 0.375 e. The fourth-order valence-electron chi connectivity index (χ4n) is 3.57. The fraction of sp³-hybridized carbons (Fsp3) is 1.00. The summed E-state index contributed by atoms with van der Waals surface area (Å²) in [5, 5.41) is 3.74. The lowest BCUT2D eigenvalue weighted by Crippen LogP contribution is -2.61. The lowest BCUT2D eigenvalue weighted by atomic mass is 9.89. The Morgan fingerprint density at radius 2 is 2.16 bits per heavy atom. The van der Waals surface area contributed by atoms with Gasteiger partial charge >= 0.3 is 0 Å². The molecule has 19 heavy (non-hydrogen) atoms. The van der Waals surface area contributed by atoms with E-state index in [2.05, 4.69) is 44.8 Å². The molecule has 0 aromatic heterocycles. The Kier molecular flexibility index (Phi) is 4.91. The Bertz CT molecular complexity index is 292. The molecule has 0 radical (unpaired) electrons. The molecule has 0 amide bonds. The zero-order valence-corrected chi connectivity index (χ0v) is 13.4. The minimum Gasteiger partial charge on any atom is -0.375 e. The van der Waals surface area contributed by atoms with Gasteiger partial charge in [0.15, 0.2) is 0 Å². The van der Waals surface area contributed by atoms with Crippen LogP contribution >= 0.6 is 0 Å². The molecule has 3 heteroatoms. The predicted molar refractivity (Wildman–Crippen MR) is 80.5 cm³/mol. The SMILES string of the molecule is CCC(C)C1CN(C2CCOC(C)(C)C2)C(C)CN1. The van der Waals surface area contributed by atoms with Gasteiger partial charge in [0.2, 0.25) is 0 Å². The number of ether oxygens (including phenoxy) is 1. The molecule has 2 fully saturated rings. The highest BCUT2D eigenvalue weighted by atomic mass is 16.5. The van der Waals surface area contributed by atoms with E-state index >= 15 is 0 Å². The van der Waals surface area contributed by atoms with E-state index < -0.39 is 0 Å². The Morgan fingerprint density at radius 1 is 1.42 bits per heavy atom. The van der Waals surface area contributed by atoms with Gasteiger partial charge in [-0.05, 0) is 39.5 Å². The van der Waals surface area contributed by atoms with E-state index in [4.69, 9.17) is 4.74 Å². The number of hydrogen-bond donors (Lipinski definition) is 1. The van der Waals surface area contributed by atoms with E-state index in [9.17, 15) is 0 Å². The molecule has 0 aromatic carbocycles. The van der Waals surface area contributed by atoms with Crippen molar-refractivity contribution in [3.63, 3.8) is 0 Å². The number of hydrogen-bond acceptors (Lipinski definition) is 3. The van der Waals surface area contributed by atoms with Crippen LogP contribution in [0.25, 0.3) is 0 Å². The van der Waals surface area contributed by atoms with Crippen LogP contribution in [0.3, 0.4) is 0 Å². The molecular weight excluding hydrogens is 236 g/mol. The molecule has 4 unspecified atom stereocenters. The van der Waals surface area contributed by atoms with Gasteiger partial charge in [0.05, 0.1) is 5.60 Å². The van der Waals surface area contributed by atoms with E-state index in [1.807, 2.05) is 0 Å². The Morgan fingerprint density at radius 3 is 2.79 bits per heavy atom. The summed E-state index contributed by atoms with van der Waals surface area (Å²) in [6.07, 6.45) is 3.63. The minimum atomic E-state index is 0.0549. The summed E-state index contributed by atoms with van der Waals surface area (Å²) < 4.78 is 5.87. The number of rotatable bonds is 3. The van der Waals surface area contributed by atoms with Crippen LogP contribution in [-0.2, 0) is 4.74 Å². The molecule has 2 aliphatic heterocycles. The van der Waals surface area contributed by atoms with E-state index in [1.165, 1.54) is 25.8 Å². The van der Waals surface area contributed by atoms with Crippen LogP contribution < -0.4 is 5.32 Å². The highest BCUT2D eigenvalue weighted by Gasteiger charge is 2.37. The number of nitrogens with one attached hydrogen (secondary N) is 1. The summed E-state index contributed by atoms with van der Waals surface area (Å²) in [5.41, 5.74) is 0.0549. The number of nitrogens with zero attached hydrogens (tertiary/aromatic N) is 1. The molecule has 0 spiro atoms. The van der Waals surface area contributed by atoms with E-state index in [0.29, 0.717) is 18.1 Å². The van der Waals surface area contributed by atoms with Crippen LogP contribution in [0.15, 0.2) is 0 Å². The maximum atomic E-state index is 5.87. The van der Waals surface area contributed by atoms with Crippen LogP contribution in [0, 0.1) is 5.92 Å². The molecule has 0 aliphatic carbocycles. The van der Waals surface area contributed by atoms with Crippen molar-refractivity contribution in [3.05, 3.63) is 0 Å². The Labute approximate surface area is 119 Å². The highest BCUT2D eigenvalue weighted by Crippen LogP contribution is 2.30. The van der Waals surface area contributed by atoms with Gasteiger partial charge in [-0.2, -0.15) is 0 Å². The van der Waals surface area contributed by atoms with E-state index in [1.54, 1.807) is 0 Å². The molecule has 2 heterocycles. The van der Waals surface area contributed by atoms with Crippen molar-refractivity contribution < 1.29 is 4.74 Å². The van der Waals surface area contributed by atoms with Crippen molar-refractivity contribution >= 4 is 0 Å². The standard InChI is InChI=1S/C16H32N2O/c1-6-12(2)15-11-18(13(3)10-17-15)14-7-8-19-16(4,5)9-14/h12-15,17H,6-11H2,1-5H3. The first-order valence-corrected chi connectivity index (χ1v) is 8.06. The summed E-state index contributed by atoms with van der Waals surface area (Å²) >= 11 is 0. The first kappa shape index (κ1) is 15.3. The molecule has 4 atom stereocenters. The van der Waals surface area contributed by atoms with Crippen molar-refractivity contribution in [2.45, 2.75) is 77.6 Å². The summed E-state index contributed by atoms with van der Waals surface area (Å²) in [4.78, 5) is 2.75. The monoisotopic (exact) mass is 268 g/mol. The van der Waals surface area contributed by atoms with Crippen molar-refractivity contribution in [2.75, 3.05) is 19.7 Å². The first-order valence-electron chi connectivity index (χ1n) is 8.06. The van der Waals surface area contributed by atoms with Gasteiger partial charge in [-0.1, -0.05) is 20.3 Å². The predicted octanol–water partition coefficient (Wildman–Crippen LogP) is 2.65. The molecular formula is C16H32N2O. The normalized spacial score (nSPS) is 38.1. The van der Waals surface area contributed by atoms with Gasteiger partial charge in [0.25, 0.3) is 0 Å². The molecule has 0 bridgehead atoms. The van der Waals surface area contributed by atoms with Crippen molar-refractivity contribution in [2.24, 2.45) is 5.92 Å². The molecule has 1 N–H and O–H groups in total. The summed E-state index contributed by atoms with van der Waals surface area (Å²) in [6.45, 7) is 14.8. The second-order valence-electron chi connectivity index (χ2n) is 7.20. The van der Waals surface area contributed by atoms with Crippen LogP contribution in [0.5, 0.6) is 0 Å². The van der Waals surface area contributed by atoms with Crippen LogP contribution in [-0.4, -0.2) is 48.3 Å². The zero-order valence-electron chi connectivity index (χ0n) is 13.4. The third kappa shape index (κ3) is 3.71. The van der Waals surface area contributed by atoms with Gasteiger partial charge < -0.3 is 10.1 Å². The maximum absolute atomic E-state index is 5.87. The van der Waals surface area contributed by atoms with Gasteiger partial charge in [-0.3, -0.25) is 4.90 Å². The third-order valence-corrected chi connectivity index (χ3v) is 5.12. The summed E-state index contributed by atoms with van der Waals surface area (Å²) in [7, 11) is 0. The maximum Gasteiger partial charge on any atom is 0.0641 e. The fourth-order valence-corrected chi connectivity index (χ4v) is 3.57. The van der Waals surface area contributed by atoms with Crippen LogP contribution in [0.4, 0.5) is 0 Å². The molecule has 2 rings (SSSR count). The minimum absolute atomic E-state index is 0.0549. The van der Waals surface area contributed by atoms with Gasteiger partial charge in [0.1, 0.15) is 0 Å². The Balaban J connectivity index is 2.00. The smallest absolute Gasteiger partial charge is 0.0641 e. The van der Waals surface area contributed by atoms with E-state index in [-0.39, 0.29) is 5.60 Å². The van der Waals surface area contributed by atoms with Crippen molar-refractivity contribution in [3.8, 4) is 0 Å². The van der Waals surface area contributed by atoms with Gasteiger partial charge in [-0.25, -0.2) is 0 Å². The van der Waals surface area contributed by atoms with Crippen LogP contribution in [0.2, 0.25) is 0 Å². The number of piperazine rings is 1. The summed E-state index contributed by atoms with van der Waals surface area (Å²) in [5.74, 6) is 0.767. The van der Waals surface area contributed by atoms with Gasteiger partial charge in [-0.15, -0.1) is 0 Å². The van der Waals surface area contributed by atoms with Crippen molar-refractivity contribution in [1.29, 1.82) is 0 Å². The lowest BCUT2D eigenvalue weighted by molar-refractivity contribution is -0.0937. The van der Waals surface area contributed by atoms with Gasteiger partial charge in [0, 0.05) is 37.8 Å². The van der Waals surface area contributed by atoms with E-state index in [0.717, 1.165) is 19.1 Å². The second kappa shape index (κ2) is 6.11. The molecule has 112 valence electrons. The first-order chi connectivity index (χ1) is 8.93. The zero-order chi connectivity index (χ0) is 14.0. The quantitative estimate of drug-likeness (QED) is 0.851. The second-order valence-corrected chi connectivity index (χ2v) is 7.20. The average Bonchev–Trinajstić information content (AvgIpc) is 2.37. The average molecular weight is 268 g/mol. The molecule has 2 aliphatic rings. The molecule has 3 nitrogen and oxygen atoms in total. The third-order valence-electron chi connectivity index (χ3n) is 5.12. The molecule has 0 saturated carbocycles. The molecule has 2 saturated heterocycles. The van der Waals surface area contributed by atoms with Crippen LogP contribution in [0.1, 0.15) is 53.9 Å².